The number of anilines is 2. The van der Waals surface area contributed by atoms with E-state index >= 15 is 0 Å². The van der Waals surface area contributed by atoms with Crippen molar-refractivity contribution >= 4 is 34.5 Å². The summed E-state index contributed by atoms with van der Waals surface area (Å²) in [5, 5.41) is 5.90. The van der Waals surface area contributed by atoms with Crippen LogP contribution in [-0.4, -0.2) is 29.4 Å². The Morgan fingerprint density at radius 3 is 2.66 bits per heavy atom. The molecule has 0 bridgehead atoms. The van der Waals surface area contributed by atoms with E-state index in [1.807, 2.05) is 86.0 Å². The lowest BCUT2D eigenvalue weighted by molar-refractivity contribution is -0.125. The van der Waals surface area contributed by atoms with Crippen LogP contribution in [0.25, 0.3) is 21.8 Å². The van der Waals surface area contributed by atoms with Crippen molar-refractivity contribution in [3.8, 4) is 27.6 Å². The van der Waals surface area contributed by atoms with Crippen molar-refractivity contribution in [2.24, 2.45) is 0 Å². The normalized spacial score (nSPS) is 13.7. The number of carbonyl (C=O) groups excluding carboxylic acids is 2. The van der Waals surface area contributed by atoms with Crippen molar-refractivity contribution < 1.29 is 14.3 Å². The first kappa shape index (κ1) is 22.8. The number of rotatable bonds is 5. The highest BCUT2D eigenvalue weighted by atomic mass is 32.1. The van der Waals surface area contributed by atoms with Crippen LogP contribution in [-0.2, 0) is 9.59 Å². The Labute approximate surface area is 208 Å². The molecule has 0 saturated carbocycles. The van der Waals surface area contributed by atoms with Gasteiger partial charge >= 0.3 is 0 Å². The molecule has 7 heteroatoms. The van der Waals surface area contributed by atoms with Gasteiger partial charge in [0.05, 0.1) is 11.4 Å². The van der Waals surface area contributed by atoms with Gasteiger partial charge < -0.3 is 10.1 Å². The number of ether oxygens (including phenoxy) is 1. The smallest absolute Gasteiger partial charge is 0.265 e. The van der Waals surface area contributed by atoms with Crippen molar-refractivity contribution in [1.82, 2.24) is 4.98 Å². The highest BCUT2D eigenvalue weighted by molar-refractivity contribution is 7.13. The zero-order valence-electron chi connectivity index (χ0n) is 19.7. The van der Waals surface area contributed by atoms with Crippen LogP contribution in [0.2, 0.25) is 0 Å². The molecule has 5 rings (SSSR count). The molecular weight excluding hydrogens is 458 g/mol. The Morgan fingerprint density at radius 2 is 1.86 bits per heavy atom. The fourth-order valence-electron chi connectivity index (χ4n) is 4.12. The van der Waals surface area contributed by atoms with E-state index in [1.165, 1.54) is 4.90 Å². The molecule has 0 aliphatic carbocycles. The van der Waals surface area contributed by atoms with Gasteiger partial charge in [-0.3, -0.25) is 14.5 Å². The minimum Gasteiger partial charge on any atom is -0.482 e. The summed E-state index contributed by atoms with van der Waals surface area (Å²) in [6, 6.07) is 20.7. The second kappa shape index (κ2) is 9.35. The van der Waals surface area contributed by atoms with Gasteiger partial charge in [-0.15, -0.1) is 11.3 Å². The number of fused-ring (bicyclic) bond motifs is 1. The second-order valence-corrected chi connectivity index (χ2v) is 9.41. The van der Waals surface area contributed by atoms with E-state index in [9.17, 15) is 9.59 Å². The van der Waals surface area contributed by atoms with Crippen molar-refractivity contribution in [3.63, 3.8) is 0 Å². The van der Waals surface area contributed by atoms with Crippen LogP contribution in [0.4, 0.5) is 11.4 Å². The van der Waals surface area contributed by atoms with Gasteiger partial charge in [-0.1, -0.05) is 42.5 Å². The quantitative estimate of drug-likeness (QED) is 0.387. The molecule has 2 heterocycles. The SMILES string of the molecule is Cc1cccc(NC(=O)C(C)N2C(=O)COc3ccc(-c4csc(-c5ccccc5)n4)cc32)c1C. The van der Waals surface area contributed by atoms with Gasteiger partial charge in [-0.25, -0.2) is 4.98 Å². The Balaban J connectivity index is 1.45. The molecule has 0 saturated heterocycles. The highest BCUT2D eigenvalue weighted by Crippen LogP contribution is 2.38. The fourth-order valence-corrected chi connectivity index (χ4v) is 4.95. The summed E-state index contributed by atoms with van der Waals surface area (Å²) in [5.74, 6) is 0.0464. The number of carbonyl (C=O) groups is 2. The number of hydrogen-bond acceptors (Lipinski definition) is 5. The Bertz CT molecular complexity index is 1410. The number of thiazole rings is 1. The van der Waals surface area contributed by atoms with E-state index < -0.39 is 6.04 Å². The Kier molecular flexibility index (Phi) is 6.09. The molecule has 1 aliphatic rings. The summed E-state index contributed by atoms with van der Waals surface area (Å²) in [7, 11) is 0. The number of hydrogen-bond donors (Lipinski definition) is 1. The first-order valence-corrected chi connectivity index (χ1v) is 12.3. The third-order valence-corrected chi connectivity index (χ3v) is 7.18. The van der Waals surface area contributed by atoms with E-state index in [0.29, 0.717) is 11.4 Å². The minimum atomic E-state index is -0.726. The molecule has 3 aromatic carbocycles. The average molecular weight is 484 g/mol. The predicted molar refractivity (Wildman–Crippen MR) is 140 cm³/mol. The largest absolute Gasteiger partial charge is 0.482 e. The summed E-state index contributed by atoms with van der Waals surface area (Å²) in [6.45, 7) is 5.59. The average Bonchev–Trinajstić information content (AvgIpc) is 3.37. The van der Waals surface area contributed by atoms with E-state index in [4.69, 9.17) is 9.72 Å². The van der Waals surface area contributed by atoms with Crippen LogP contribution >= 0.6 is 11.3 Å². The maximum Gasteiger partial charge on any atom is 0.265 e. The number of amides is 2. The van der Waals surface area contributed by atoms with Gasteiger partial charge in [0.1, 0.15) is 16.8 Å². The maximum atomic E-state index is 13.2. The zero-order chi connectivity index (χ0) is 24.5. The molecule has 1 N–H and O–H groups in total. The summed E-state index contributed by atoms with van der Waals surface area (Å²) >= 11 is 1.56. The standard InChI is InChI=1S/C28H25N3O3S/c1-17-8-7-11-22(18(17)2)29-27(33)19(3)31-24-14-21(12-13-25(24)34-15-26(31)32)23-16-35-28(30-23)20-9-5-4-6-10-20/h4-14,16,19H,15H2,1-3H3,(H,29,33). The summed E-state index contributed by atoms with van der Waals surface area (Å²) in [6.07, 6.45) is 0. The Hall–Kier alpha value is -3.97. The molecule has 35 heavy (non-hydrogen) atoms. The summed E-state index contributed by atoms with van der Waals surface area (Å²) in [5.41, 5.74) is 6.12. The van der Waals surface area contributed by atoms with Gasteiger partial charge in [0.25, 0.3) is 5.91 Å². The van der Waals surface area contributed by atoms with Gasteiger partial charge in [0.15, 0.2) is 6.61 Å². The Morgan fingerprint density at radius 1 is 1.06 bits per heavy atom. The molecule has 1 aliphatic heterocycles. The second-order valence-electron chi connectivity index (χ2n) is 8.55. The molecule has 2 amide bonds. The van der Waals surface area contributed by atoms with E-state index in [0.717, 1.165) is 38.6 Å². The number of benzene rings is 3. The lowest BCUT2D eigenvalue weighted by Gasteiger charge is -2.33. The van der Waals surface area contributed by atoms with Crippen molar-refractivity contribution in [2.75, 3.05) is 16.8 Å². The molecule has 0 fully saturated rings. The van der Waals surface area contributed by atoms with Crippen molar-refractivity contribution in [2.45, 2.75) is 26.8 Å². The van der Waals surface area contributed by atoms with Gasteiger partial charge in [-0.05, 0) is 56.2 Å². The van der Waals surface area contributed by atoms with E-state index in [1.54, 1.807) is 18.3 Å². The van der Waals surface area contributed by atoms with Crippen molar-refractivity contribution in [3.05, 3.63) is 83.2 Å². The minimum absolute atomic E-state index is 0.109. The van der Waals surface area contributed by atoms with Crippen LogP contribution in [0.15, 0.2) is 72.1 Å². The molecule has 6 nitrogen and oxygen atoms in total. The summed E-state index contributed by atoms with van der Waals surface area (Å²) in [4.78, 5) is 32.4. The lowest BCUT2D eigenvalue weighted by atomic mass is 10.1. The van der Waals surface area contributed by atoms with Gasteiger partial charge in [-0.2, -0.15) is 0 Å². The van der Waals surface area contributed by atoms with Crippen molar-refractivity contribution in [1.29, 1.82) is 0 Å². The van der Waals surface area contributed by atoms with Gasteiger partial charge in [0.2, 0.25) is 5.91 Å². The number of aryl methyl sites for hydroxylation is 1. The first-order valence-electron chi connectivity index (χ1n) is 11.4. The molecule has 4 aromatic rings. The highest BCUT2D eigenvalue weighted by Gasteiger charge is 2.33. The number of aromatic nitrogens is 1. The molecular formula is C28H25N3O3S. The third kappa shape index (κ3) is 4.42. The molecule has 0 radical (unpaired) electrons. The summed E-state index contributed by atoms with van der Waals surface area (Å²) < 4.78 is 5.67. The van der Waals surface area contributed by atoms with Crippen LogP contribution in [0, 0.1) is 13.8 Å². The zero-order valence-corrected chi connectivity index (χ0v) is 20.6. The van der Waals surface area contributed by atoms with Crippen LogP contribution in [0.5, 0.6) is 5.75 Å². The molecule has 1 atom stereocenters. The van der Waals surface area contributed by atoms with Crippen LogP contribution in [0.1, 0.15) is 18.1 Å². The molecule has 176 valence electrons. The third-order valence-electron chi connectivity index (χ3n) is 6.29. The molecule has 1 aromatic heterocycles. The topological polar surface area (TPSA) is 71.5 Å². The maximum absolute atomic E-state index is 13.2. The number of nitrogens with zero attached hydrogens (tertiary/aromatic N) is 2. The lowest BCUT2D eigenvalue weighted by Crippen LogP contribution is -2.49. The van der Waals surface area contributed by atoms with Crippen LogP contribution in [0.3, 0.4) is 0 Å². The fraction of sp³-hybridized carbons (Fsp3) is 0.179. The monoisotopic (exact) mass is 483 g/mol. The number of nitrogens with one attached hydrogen (secondary N) is 1. The first-order chi connectivity index (χ1) is 16.9. The molecule has 0 spiro atoms. The van der Waals surface area contributed by atoms with E-state index in [-0.39, 0.29) is 18.4 Å². The molecule has 1 unspecified atom stereocenters. The van der Waals surface area contributed by atoms with E-state index in [2.05, 4.69) is 5.32 Å². The predicted octanol–water partition coefficient (Wildman–Crippen LogP) is 5.85. The van der Waals surface area contributed by atoms with Crippen LogP contribution < -0.4 is 15.0 Å². The van der Waals surface area contributed by atoms with Gasteiger partial charge in [0, 0.05) is 22.2 Å².